The standard InChI is InChI=1S/C24H25N5OS/c1-16-9-8-10-17(2)23(16)21-13-22(30-18(3)19-11-6-5-7-12-19)27-24(26-21)28-31-20-14-25-29(4)15-20/h5-15,18H,1-4H3,(H,26,27,28). The van der Waals surface area contributed by atoms with Gasteiger partial charge in [0.25, 0.3) is 0 Å². The predicted octanol–water partition coefficient (Wildman–Crippen LogP) is 5.75. The van der Waals surface area contributed by atoms with Crippen LogP contribution in [-0.2, 0) is 7.05 Å². The summed E-state index contributed by atoms with van der Waals surface area (Å²) in [4.78, 5) is 10.4. The van der Waals surface area contributed by atoms with Gasteiger partial charge in [-0.3, -0.25) is 9.40 Å². The highest BCUT2D eigenvalue weighted by atomic mass is 32.2. The molecule has 2 heterocycles. The zero-order chi connectivity index (χ0) is 21.8. The van der Waals surface area contributed by atoms with Crippen LogP contribution in [0.5, 0.6) is 5.88 Å². The lowest BCUT2D eigenvalue weighted by atomic mass is 10.00. The summed E-state index contributed by atoms with van der Waals surface area (Å²) < 4.78 is 11.2. The molecule has 6 nitrogen and oxygen atoms in total. The van der Waals surface area contributed by atoms with Crippen molar-refractivity contribution in [3.63, 3.8) is 0 Å². The second-order valence-electron chi connectivity index (χ2n) is 7.41. The van der Waals surface area contributed by atoms with Gasteiger partial charge in [0.15, 0.2) is 0 Å². The Kier molecular flexibility index (Phi) is 6.23. The maximum absolute atomic E-state index is 6.22. The average molecular weight is 432 g/mol. The number of nitrogens with one attached hydrogen (secondary N) is 1. The van der Waals surface area contributed by atoms with Crippen molar-refractivity contribution in [2.45, 2.75) is 31.8 Å². The minimum absolute atomic E-state index is 0.138. The Bertz CT molecular complexity index is 1160. The number of hydrogen-bond donors (Lipinski definition) is 1. The Morgan fingerprint density at radius 1 is 1.00 bits per heavy atom. The van der Waals surface area contributed by atoms with E-state index in [-0.39, 0.29) is 6.10 Å². The monoisotopic (exact) mass is 431 g/mol. The number of hydrogen-bond acceptors (Lipinski definition) is 6. The molecule has 0 fully saturated rings. The molecule has 0 aliphatic rings. The molecule has 4 rings (SSSR count). The van der Waals surface area contributed by atoms with Gasteiger partial charge < -0.3 is 4.74 Å². The van der Waals surface area contributed by atoms with Gasteiger partial charge in [0.1, 0.15) is 6.10 Å². The Morgan fingerprint density at radius 3 is 2.42 bits per heavy atom. The van der Waals surface area contributed by atoms with E-state index in [0.717, 1.165) is 32.8 Å². The van der Waals surface area contributed by atoms with Gasteiger partial charge >= 0.3 is 0 Å². The fourth-order valence-electron chi connectivity index (χ4n) is 3.41. The smallest absolute Gasteiger partial charge is 0.237 e. The molecule has 2 aromatic carbocycles. The van der Waals surface area contributed by atoms with Crippen molar-refractivity contribution >= 4 is 17.9 Å². The van der Waals surface area contributed by atoms with Crippen LogP contribution in [0.1, 0.15) is 29.7 Å². The first-order chi connectivity index (χ1) is 15.0. The molecular formula is C24H25N5OS. The van der Waals surface area contributed by atoms with E-state index < -0.39 is 0 Å². The molecule has 2 aromatic heterocycles. The Labute approximate surface area is 186 Å². The highest BCUT2D eigenvalue weighted by molar-refractivity contribution is 8.00. The predicted molar refractivity (Wildman–Crippen MR) is 125 cm³/mol. The van der Waals surface area contributed by atoms with Crippen LogP contribution in [0.2, 0.25) is 0 Å². The summed E-state index contributed by atoms with van der Waals surface area (Å²) in [6.07, 6.45) is 3.59. The molecule has 1 N–H and O–H groups in total. The summed E-state index contributed by atoms with van der Waals surface area (Å²) in [5.41, 5.74) is 5.33. The van der Waals surface area contributed by atoms with Crippen LogP contribution in [0, 0.1) is 13.8 Å². The Hall–Kier alpha value is -3.32. The minimum atomic E-state index is -0.138. The first kappa shape index (κ1) is 20.9. The minimum Gasteiger partial charge on any atom is -0.470 e. The molecule has 0 saturated carbocycles. The van der Waals surface area contributed by atoms with E-state index in [1.54, 1.807) is 10.9 Å². The van der Waals surface area contributed by atoms with Crippen LogP contribution in [0.4, 0.5) is 5.95 Å². The van der Waals surface area contributed by atoms with E-state index in [4.69, 9.17) is 9.72 Å². The Balaban J connectivity index is 1.67. The summed E-state index contributed by atoms with van der Waals surface area (Å²) >= 11 is 1.42. The van der Waals surface area contributed by atoms with E-state index in [9.17, 15) is 0 Å². The van der Waals surface area contributed by atoms with Crippen molar-refractivity contribution in [3.8, 4) is 17.1 Å². The summed E-state index contributed by atoms with van der Waals surface area (Å²) in [5, 5.41) is 4.20. The number of benzene rings is 2. The van der Waals surface area contributed by atoms with Gasteiger partial charge in [-0.15, -0.1) is 0 Å². The third-order valence-corrected chi connectivity index (χ3v) is 5.68. The summed E-state index contributed by atoms with van der Waals surface area (Å²) in [5.74, 6) is 1.02. The van der Waals surface area contributed by atoms with Crippen molar-refractivity contribution in [3.05, 3.63) is 83.7 Å². The summed E-state index contributed by atoms with van der Waals surface area (Å²) in [6.45, 7) is 6.21. The largest absolute Gasteiger partial charge is 0.470 e. The van der Waals surface area contributed by atoms with Gasteiger partial charge in [-0.05, 0) is 49.4 Å². The second kappa shape index (κ2) is 9.22. The van der Waals surface area contributed by atoms with E-state index in [0.29, 0.717) is 11.8 Å². The van der Waals surface area contributed by atoms with Gasteiger partial charge in [0, 0.05) is 24.9 Å². The third-order valence-electron chi connectivity index (χ3n) is 4.95. The van der Waals surface area contributed by atoms with Gasteiger partial charge in [-0.25, -0.2) is 4.98 Å². The van der Waals surface area contributed by atoms with E-state index >= 15 is 0 Å². The highest BCUT2D eigenvalue weighted by Crippen LogP contribution is 2.31. The van der Waals surface area contributed by atoms with Crippen LogP contribution in [-0.4, -0.2) is 19.7 Å². The zero-order valence-electron chi connectivity index (χ0n) is 18.0. The quantitative estimate of drug-likeness (QED) is 0.376. The van der Waals surface area contributed by atoms with Gasteiger partial charge in [-0.2, -0.15) is 10.1 Å². The molecule has 1 atom stereocenters. The molecule has 158 valence electrons. The normalized spacial score (nSPS) is 11.9. The molecule has 0 saturated heterocycles. The summed E-state index contributed by atoms with van der Waals surface area (Å²) in [6, 6.07) is 18.3. The maximum atomic E-state index is 6.22. The number of rotatable bonds is 7. The van der Waals surface area contributed by atoms with Crippen LogP contribution >= 0.6 is 11.9 Å². The van der Waals surface area contributed by atoms with Gasteiger partial charge in [0.05, 0.1) is 16.8 Å². The number of aryl methyl sites for hydroxylation is 3. The zero-order valence-corrected chi connectivity index (χ0v) is 18.9. The lowest BCUT2D eigenvalue weighted by molar-refractivity contribution is 0.217. The van der Waals surface area contributed by atoms with E-state index in [1.807, 2.05) is 44.4 Å². The number of nitrogens with zero attached hydrogens (tertiary/aromatic N) is 4. The molecule has 0 aliphatic heterocycles. The maximum Gasteiger partial charge on any atom is 0.237 e. The lowest BCUT2D eigenvalue weighted by Gasteiger charge is -2.17. The molecule has 0 aliphatic carbocycles. The van der Waals surface area contributed by atoms with Crippen LogP contribution in [0.15, 0.2) is 71.9 Å². The lowest BCUT2D eigenvalue weighted by Crippen LogP contribution is -2.06. The van der Waals surface area contributed by atoms with Crippen molar-refractivity contribution in [2.24, 2.45) is 7.05 Å². The molecule has 0 radical (unpaired) electrons. The Morgan fingerprint density at radius 2 is 1.74 bits per heavy atom. The molecule has 7 heteroatoms. The molecule has 4 aromatic rings. The molecule has 1 unspecified atom stereocenters. The van der Waals surface area contributed by atoms with Crippen molar-refractivity contribution in [1.82, 2.24) is 19.7 Å². The molecule has 31 heavy (non-hydrogen) atoms. The average Bonchev–Trinajstić information content (AvgIpc) is 3.18. The first-order valence-corrected chi connectivity index (χ1v) is 10.9. The van der Waals surface area contributed by atoms with E-state index in [2.05, 4.69) is 59.0 Å². The highest BCUT2D eigenvalue weighted by Gasteiger charge is 2.15. The number of ether oxygens (including phenoxy) is 1. The molecular weight excluding hydrogens is 406 g/mol. The second-order valence-corrected chi connectivity index (χ2v) is 8.29. The van der Waals surface area contributed by atoms with Crippen LogP contribution < -0.4 is 9.46 Å². The third kappa shape index (κ3) is 5.06. The molecule has 0 spiro atoms. The molecule has 0 bridgehead atoms. The summed E-state index contributed by atoms with van der Waals surface area (Å²) in [7, 11) is 1.89. The molecule has 0 amide bonds. The van der Waals surface area contributed by atoms with Gasteiger partial charge in [-0.1, -0.05) is 48.5 Å². The first-order valence-electron chi connectivity index (χ1n) is 10.1. The van der Waals surface area contributed by atoms with E-state index in [1.165, 1.54) is 11.9 Å². The van der Waals surface area contributed by atoms with Crippen LogP contribution in [0.3, 0.4) is 0 Å². The fourth-order valence-corrected chi connectivity index (χ4v) is 4.01. The van der Waals surface area contributed by atoms with Crippen LogP contribution in [0.25, 0.3) is 11.3 Å². The number of aromatic nitrogens is 4. The fraction of sp³-hybridized carbons (Fsp3) is 0.208. The van der Waals surface area contributed by atoms with Crippen molar-refractivity contribution in [1.29, 1.82) is 0 Å². The SMILES string of the molecule is Cc1cccc(C)c1-c1cc(OC(C)c2ccccc2)nc(NSc2cnn(C)c2)n1. The number of anilines is 1. The topological polar surface area (TPSA) is 64.9 Å². The van der Waals surface area contributed by atoms with Gasteiger partial charge in [0.2, 0.25) is 11.8 Å². The van der Waals surface area contributed by atoms with Crippen molar-refractivity contribution < 1.29 is 4.74 Å². The van der Waals surface area contributed by atoms with Crippen molar-refractivity contribution in [2.75, 3.05) is 4.72 Å².